The molecule has 0 atom stereocenters. The number of ether oxygens (including phenoxy) is 1. The Labute approximate surface area is 132 Å². The monoisotopic (exact) mass is 300 g/mol. The maximum atomic E-state index is 5.74. The van der Waals surface area contributed by atoms with Crippen molar-refractivity contribution in [2.24, 2.45) is 0 Å². The zero-order chi connectivity index (χ0) is 15.2. The minimum atomic E-state index is 0.682. The Morgan fingerprint density at radius 3 is 2.43 bits per heavy atom. The van der Waals surface area contributed by atoms with Crippen LogP contribution in [-0.2, 0) is 0 Å². The van der Waals surface area contributed by atoms with Crippen molar-refractivity contribution in [3.05, 3.63) is 60.2 Å². The predicted molar refractivity (Wildman–Crippen MR) is 92.2 cm³/mol. The van der Waals surface area contributed by atoms with Crippen LogP contribution in [0.15, 0.2) is 49.0 Å². The van der Waals surface area contributed by atoms with Crippen LogP contribution in [0, 0.1) is 6.92 Å². The molecule has 0 N–H and O–H groups in total. The number of alkyl halides is 1. The van der Waals surface area contributed by atoms with Gasteiger partial charge in [-0.3, -0.25) is 0 Å². The van der Waals surface area contributed by atoms with Gasteiger partial charge in [-0.25, -0.2) is 0 Å². The lowest BCUT2D eigenvalue weighted by Gasteiger charge is -2.11. The maximum absolute atomic E-state index is 5.74. The average molecular weight is 301 g/mol. The minimum Gasteiger partial charge on any atom is -0.497 e. The molecular formula is C19H21ClO. The minimum absolute atomic E-state index is 0.682. The Morgan fingerprint density at radius 2 is 1.86 bits per heavy atom. The second-order valence-corrected chi connectivity index (χ2v) is 5.53. The first-order valence-corrected chi connectivity index (χ1v) is 7.68. The maximum Gasteiger partial charge on any atom is 0.118 e. The van der Waals surface area contributed by atoms with E-state index in [4.69, 9.17) is 16.3 Å². The molecule has 2 aromatic carbocycles. The standard InChI is InChI=1S/C19H21ClO/c1-14(5-4-12-20)17-8-11-19(15(2)13-17)16-6-9-18(21-3)10-7-16/h6-11,13H,1,4-5,12H2,2-3H3. The molecule has 0 aliphatic rings. The Kier molecular flexibility index (Phi) is 5.46. The third-order valence-electron chi connectivity index (χ3n) is 3.65. The van der Waals surface area contributed by atoms with Gasteiger partial charge in [-0.05, 0) is 59.7 Å². The zero-order valence-corrected chi connectivity index (χ0v) is 13.4. The first-order valence-electron chi connectivity index (χ1n) is 7.15. The molecule has 0 spiro atoms. The van der Waals surface area contributed by atoms with Crippen molar-refractivity contribution in [3.63, 3.8) is 0 Å². The van der Waals surface area contributed by atoms with Gasteiger partial charge < -0.3 is 4.74 Å². The molecule has 110 valence electrons. The summed E-state index contributed by atoms with van der Waals surface area (Å²) in [6.45, 7) is 6.29. The fourth-order valence-electron chi connectivity index (χ4n) is 2.40. The van der Waals surface area contributed by atoms with Crippen LogP contribution in [-0.4, -0.2) is 13.0 Å². The summed E-state index contributed by atoms with van der Waals surface area (Å²) in [4.78, 5) is 0. The number of hydrogen-bond donors (Lipinski definition) is 0. The lowest BCUT2D eigenvalue weighted by atomic mass is 9.95. The number of methoxy groups -OCH3 is 1. The van der Waals surface area contributed by atoms with Crippen LogP contribution >= 0.6 is 11.6 Å². The van der Waals surface area contributed by atoms with Gasteiger partial charge in [0.15, 0.2) is 0 Å². The number of hydrogen-bond acceptors (Lipinski definition) is 1. The number of benzene rings is 2. The molecular weight excluding hydrogens is 280 g/mol. The fraction of sp³-hybridized carbons (Fsp3) is 0.263. The largest absolute Gasteiger partial charge is 0.497 e. The van der Waals surface area contributed by atoms with Crippen molar-refractivity contribution >= 4 is 17.2 Å². The molecule has 2 aromatic rings. The van der Waals surface area contributed by atoms with Gasteiger partial charge in [0.25, 0.3) is 0 Å². The van der Waals surface area contributed by atoms with E-state index in [-0.39, 0.29) is 0 Å². The van der Waals surface area contributed by atoms with E-state index < -0.39 is 0 Å². The average Bonchev–Trinajstić information content (AvgIpc) is 2.52. The highest BCUT2D eigenvalue weighted by Crippen LogP contribution is 2.28. The van der Waals surface area contributed by atoms with Gasteiger partial charge in [0.1, 0.15) is 5.75 Å². The second kappa shape index (κ2) is 7.33. The molecule has 0 unspecified atom stereocenters. The van der Waals surface area contributed by atoms with Crippen LogP contribution in [0.4, 0.5) is 0 Å². The first kappa shape index (κ1) is 15.7. The van der Waals surface area contributed by atoms with Gasteiger partial charge in [-0.15, -0.1) is 11.6 Å². The molecule has 0 aliphatic carbocycles. The van der Waals surface area contributed by atoms with Crippen LogP contribution in [0.25, 0.3) is 16.7 Å². The third-order valence-corrected chi connectivity index (χ3v) is 3.92. The van der Waals surface area contributed by atoms with Crippen molar-refractivity contribution in [2.45, 2.75) is 19.8 Å². The smallest absolute Gasteiger partial charge is 0.118 e. The molecule has 0 radical (unpaired) electrons. The van der Waals surface area contributed by atoms with Crippen LogP contribution in [0.1, 0.15) is 24.0 Å². The van der Waals surface area contributed by atoms with Gasteiger partial charge in [-0.2, -0.15) is 0 Å². The summed E-state index contributed by atoms with van der Waals surface area (Å²) in [7, 11) is 1.68. The predicted octanol–water partition coefficient (Wildman–Crippen LogP) is 5.70. The molecule has 1 nitrogen and oxygen atoms in total. The van der Waals surface area contributed by atoms with Crippen LogP contribution in [0.5, 0.6) is 5.75 Å². The summed E-state index contributed by atoms with van der Waals surface area (Å²) in [5.41, 5.74) is 6.05. The Bertz CT molecular complexity index is 614. The summed E-state index contributed by atoms with van der Waals surface area (Å²) >= 11 is 5.74. The number of halogens is 1. The van der Waals surface area contributed by atoms with Crippen molar-refractivity contribution in [3.8, 4) is 16.9 Å². The van der Waals surface area contributed by atoms with Gasteiger partial charge in [0, 0.05) is 5.88 Å². The molecule has 2 rings (SSSR count). The highest BCUT2D eigenvalue weighted by Gasteiger charge is 2.05. The van der Waals surface area contributed by atoms with E-state index in [1.165, 1.54) is 22.3 Å². The van der Waals surface area contributed by atoms with Gasteiger partial charge in [-0.1, -0.05) is 36.9 Å². The van der Waals surface area contributed by atoms with Crippen molar-refractivity contribution in [1.29, 1.82) is 0 Å². The SMILES string of the molecule is C=C(CCCCl)c1ccc(-c2ccc(OC)cc2)c(C)c1. The molecule has 0 saturated carbocycles. The van der Waals surface area contributed by atoms with Crippen molar-refractivity contribution < 1.29 is 4.74 Å². The molecule has 0 bridgehead atoms. The third kappa shape index (κ3) is 3.89. The summed E-state index contributed by atoms with van der Waals surface area (Å²) < 4.78 is 5.20. The molecule has 0 heterocycles. The first-order chi connectivity index (χ1) is 10.2. The van der Waals surface area contributed by atoms with Crippen LogP contribution < -0.4 is 4.74 Å². The molecule has 0 saturated heterocycles. The Balaban J connectivity index is 2.24. The van der Waals surface area contributed by atoms with Crippen LogP contribution in [0.3, 0.4) is 0 Å². The summed E-state index contributed by atoms with van der Waals surface area (Å²) in [5, 5.41) is 0. The number of rotatable bonds is 6. The van der Waals surface area contributed by atoms with Crippen molar-refractivity contribution in [2.75, 3.05) is 13.0 Å². The summed E-state index contributed by atoms with van der Waals surface area (Å²) in [6.07, 6.45) is 1.92. The number of allylic oxidation sites excluding steroid dienone is 1. The Morgan fingerprint density at radius 1 is 1.14 bits per heavy atom. The summed E-state index contributed by atoms with van der Waals surface area (Å²) in [6, 6.07) is 14.7. The van der Waals surface area contributed by atoms with Crippen molar-refractivity contribution in [1.82, 2.24) is 0 Å². The lowest BCUT2D eigenvalue weighted by molar-refractivity contribution is 0.415. The fourth-order valence-corrected chi connectivity index (χ4v) is 2.54. The quantitative estimate of drug-likeness (QED) is 0.621. The zero-order valence-electron chi connectivity index (χ0n) is 12.7. The van der Waals surface area contributed by atoms with Gasteiger partial charge >= 0.3 is 0 Å². The second-order valence-electron chi connectivity index (χ2n) is 5.15. The van der Waals surface area contributed by atoms with Gasteiger partial charge in [0.05, 0.1) is 7.11 Å². The summed E-state index contributed by atoms with van der Waals surface area (Å²) in [5.74, 6) is 1.56. The topological polar surface area (TPSA) is 9.23 Å². The highest BCUT2D eigenvalue weighted by atomic mass is 35.5. The number of aryl methyl sites for hydroxylation is 1. The van der Waals surface area contributed by atoms with E-state index in [2.05, 4.69) is 43.8 Å². The van der Waals surface area contributed by atoms with E-state index in [9.17, 15) is 0 Å². The lowest BCUT2D eigenvalue weighted by Crippen LogP contribution is -1.89. The Hall–Kier alpha value is -1.73. The molecule has 21 heavy (non-hydrogen) atoms. The van der Waals surface area contributed by atoms with E-state index in [0.29, 0.717) is 5.88 Å². The van der Waals surface area contributed by atoms with E-state index in [1.807, 2.05) is 12.1 Å². The van der Waals surface area contributed by atoms with E-state index >= 15 is 0 Å². The highest BCUT2D eigenvalue weighted by molar-refractivity contribution is 6.17. The molecule has 0 aromatic heterocycles. The van der Waals surface area contributed by atoms with E-state index in [1.54, 1.807) is 7.11 Å². The normalized spacial score (nSPS) is 10.4. The van der Waals surface area contributed by atoms with Gasteiger partial charge in [0.2, 0.25) is 0 Å². The molecule has 2 heteroatoms. The molecule has 0 fully saturated rings. The molecule has 0 aliphatic heterocycles. The molecule has 0 amide bonds. The van der Waals surface area contributed by atoms with E-state index in [0.717, 1.165) is 24.2 Å². The van der Waals surface area contributed by atoms with Crippen LogP contribution in [0.2, 0.25) is 0 Å².